The normalized spacial score (nSPS) is 16.7. The Balaban J connectivity index is 1.95. The van der Waals surface area contributed by atoms with Crippen molar-refractivity contribution in [2.45, 2.75) is 24.7 Å². The second kappa shape index (κ2) is 9.12. The van der Waals surface area contributed by atoms with Crippen LogP contribution in [0.2, 0.25) is 0 Å². The highest BCUT2D eigenvalue weighted by molar-refractivity contribution is 7.92. The second-order valence-electron chi connectivity index (χ2n) is 6.86. The topological polar surface area (TPSA) is 126 Å². The summed E-state index contributed by atoms with van der Waals surface area (Å²) < 4.78 is 33.2. The molecule has 1 atom stereocenters. The summed E-state index contributed by atoms with van der Waals surface area (Å²) in [6.07, 6.45) is 2.52. The molecule has 0 amide bonds. The lowest BCUT2D eigenvalue weighted by Gasteiger charge is -2.33. The quantitative estimate of drug-likeness (QED) is 0.638. The van der Waals surface area contributed by atoms with Gasteiger partial charge in [-0.2, -0.15) is 0 Å². The van der Waals surface area contributed by atoms with Gasteiger partial charge < -0.3 is 14.7 Å². The van der Waals surface area contributed by atoms with Crippen molar-refractivity contribution in [2.24, 2.45) is 5.92 Å². The number of hydrogen-bond acceptors (Lipinski definition) is 7. The van der Waals surface area contributed by atoms with Crippen LogP contribution in [0.15, 0.2) is 47.5 Å². The van der Waals surface area contributed by atoms with Gasteiger partial charge in [-0.1, -0.05) is 18.2 Å². The first kappa shape index (κ1) is 21.6. The van der Waals surface area contributed by atoms with Crippen molar-refractivity contribution in [2.75, 3.05) is 29.3 Å². The molecule has 0 saturated carbocycles. The van der Waals surface area contributed by atoms with Crippen LogP contribution in [-0.2, 0) is 19.6 Å². The van der Waals surface area contributed by atoms with Gasteiger partial charge in [-0.3, -0.25) is 9.52 Å². The standard InChI is InChI=1S/C20H23N3O6S/c1-2-29-20(26)14-7-6-10-23(13-14)18-17(11-15(12-21-18)19(24)25)22-30(27,28)16-8-4-3-5-9-16/h3-5,8-9,11-12,14,22H,2,6-7,10,13H2,1H3,(H,24,25). The van der Waals surface area contributed by atoms with Crippen LogP contribution in [0, 0.1) is 5.92 Å². The average molecular weight is 433 g/mol. The van der Waals surface area contributed by atoms with Crippen molar-refractivity contribution >= 4 is 33.5 Å². The van der Waals surface area contributed by atoms with Gasteiger partial charge in [0.15, 0.2) is 5.82 Å². The van der Waals surface area contributed by atoms with Gasteiger partial charge in [-0.15, -0.1) is 0 Å². The van der Waals surface area contributed by atoms with Gasteiger partial charge in [0, 0.05) is 19.3 Å². The van der Waals surface area contributed by atoms with E-state index < -0.39 is 16.0 Å². The zero-order valence-corrected chi connectivity index (χ0v) is 17.3. The van der Waals surface area contributed by atoms with Gasteiger partial charge in [0.25, 0.3) is 10.0 Å². The summed E-state index contributed by atoms with van der Waals surface area (Å²) in [5.41, 5.74) is -0.105. The summed E-state index contributed by atoms with van der Waals surface area (Å²) >= 11 is 0. The lowest BCUT2D eigenvalue weighted by Crippen LogP contribution is -2.40. The number of carbonyl (C=O) groups excluding carboxylic acids is 1. The smallest absolute Gasteiger partial charge is 0.337 e. The number of carboxylic acids is 1. The lowest BCUT2D eigenvalue weighted by molar-refractivity contribution is -0.148. The highest BCUT2D eigenvalue weighted by Gasteiger charge is 2.30. The molecule has 0 spiro atoms. The number of aromatic nitrogens is 1. The predicted octanol–water partition coefficient (Wildman–Crippen LogP) is 2.36. The molecule has 9 nitrogen and oxygen atoms in total. The minimum absolute atomic E-state index is 0.0414. The molecule has 0 radical (unpaired) electrons. The maximum atomic E-state index is 12.8. The van der Waals surface area contributed by atoms with Crippen LogP contribution >= 0.6 is 0 Å². The summed E-state index contributed by atoms with van der Waals surface area (Å²) in [5.74, 6) is -1.63. The first-order valence-corrected chi connectivity index (χ1v) is 11.0. The molecule has 1 aromatic carbocycles. The van der Waals surface area contributed by atoms with Crippen molar-refractivity contribution in [3.05, 3.63) is 48.2 Å². The van der Waals surface area contributed by atoms with E-state index >= 15 is 0 Å². The molecule has 3 rings (SSSR count). The number of nitrogens with zero attached hydrogens (tertiary/aromatic N) is 2. The minimum atomic E-state index is -3.96. The first-order valence-electron chi connectivity index (χ1n) is 9.54. The van der Waals surface area contributed by atoms with Gasteiger partial charge in [-0.05, 0) is 38.0 Å². The van der Waals surface area contributed by atoms with Crippen molar-refractivity contribution < 1.29 is 27.9 Å². The van der Waals surface area contributed by atoms with Gasteiger partial charge in [0.2, 0.25) is 0 Å². The maximum absolute atomic E-state index is 12.8. The number of benzene rings is 1. The van der Waals surface area contributed by atoms with Gasteiger partial charge in [-0.25, -0.2) is 18.2 Å². The molecule has 0 aliphatic carbocycles. The monoisotopic (exact) mass is 433 g/mol. The maximum Gasteiger partial charge on any atom is 0.337 e. The molecule has 1 saturated heterocycles. The van der Waals surface area contributed by atoms with Crippen molar-refractivity contribution in [3.63, 3.8) is 0 Å². The number of anilines is 2. The van der Waals surface area contributed by atoms with Crippen LogP contribution in [0.5, 0.6) is 0 Å². The molecule has 30 heavy (non-hydrogen) atoms. The summed E-state index contributed by atoms with van der Waals surface area (Å²) in [5, 5.41) is 9.31. The molecule has 1 aliphatic rings. The molecule has 10 heteroatoms. The molecule has 1 aromatic heterocycles. The Morgan fingerprint density at radius 1 is 1.30 bits per heavy atom. The van der Waals surface area contributed by atoms with Crippen LogP contribution in [0.4, 0.5) is 11.5 Å². The van der Waals surface area contributed by atoms with E-state index in [0.717, 1.165) is 0 Å². The molecule has 1 aliphatic heterocycles. The highest BCUT2D eigenvalue weighted by atomic mass is 32.2. The van der Waals surface area contributed by atoms with Crippen LogP contribution in [-0.4, -0.2) is 50.1 Å². The zero-order chi connectivity index (χ0) is 21.7. The number of rotatable bonds is 7. The molecule has 0 bridgehead atoms. The fourth-order valence-corrected chi connectivity index (χ4v) is 4.40. The van der Waals surface area contributed by atoms with E-state index in [1.54, 1.807) is 30.0 Å². The predicted molar refractivity (Wildman–Crippen MR) is 110 cm³/mol. The Bertz CT molecular complexity index is 1030. The molecule has 1 fully saturated rings. The minimum Gasteiger partial charge on any atom is -0.478 e. The Hall–Kier alpha value is -3.14. The van der Waals surface area contributed by atoms with Crippen molar-refractivity contribution in [1.82, 2.24) is 4.98 Å². The average Bonchev–Trinajstić information content (AvgIpc) is 2.74. The molecule has 160 valence electrons. The SMILES string of the molecule is CCOC(=O)C1CCCN(c2ncc(C(=O)O)cc2NS(=O)(=O)c2ccccc2)C1. The number of sulfonamides is 1. The van der Waals surface area contributed by atoms with Crippen LogP contribution in [0.25, 0.3) is 0 Å². The lowest BCUT2D eigenvalue weighted by atomic mass is 9.98. The number of aromatic carboxylic acids is 1. The third kappa shape index (κ3) is 4.88. The van der Waals surface area contributed by atoms with E-state index in [9.17, 15) is 23.1 Å². The number of piperidine rings is 1. The Kier molecular flexibility index (Phi) is 6.56. The Morgan fingerprint density at radius 3 is 2.70 bits per heavy atom. The second-order valence-corrected chi connectivity index (χ2v) is 8.54. The van der Waals surface area contributed by atoms with Crippen LogP contribution in [0.1, 0.15) is 30.1 Å². The van der Waals surface area contributed by atoms with Gasteiger partial charge in [0.1, 0.15) is 0 Å². The van der Waals surface area contributed by atoms with E-state index in [-0.39, 0.29) is 40.5 Å². The number of pyridine rings is 1. The number of esters is 1. The van der Waals surface area contributed by atoms with E-state index in [1.807, 2.05) is 0 Å². The summed E-state index contributed by atoms with van der Waals surface area (Å²) in [4.78, 5) is 29.6. The fraction of sp³-hybridized carbons (Fsp3) is 0.350. The third-order valence-electron chi connectivity index (χ3n) is 4.75. The van der Waals surface area contributed by atoms with Crippen LogP contribution < -0.4 is 9.62 Å². The molecule has 2 N–H and O–H groups in total. The Morgan fingerprint density at radius 2 is 2.03 bits per heavy atom. The zero-order valence-electron chi connectivity index (χ0n) is 16.4. The summed E-state index contributed by atoms with van der Waals surface area (Å²) in [6.45, 7) is 2.87. The van der Waals surface area contributed by atoms with E-state index in [1.165, 1.54) is 24.4 Å². The molecule has 2 aromatic rings. The number of carboxylic acid groups (broad SMARTS) is 1. The van der Waals surface area contributed by atoms with E-state index in [4.69, 9.17) is 4.74 Å². The van der Waals surface area contributed by atoms with Gasteiger partial charge in [0.05, 0.1) is 28.7 Å². The largest absolute Gasteiger partial charge is 0.478 e. The molecular formula is C20H23N3O6S. The van der Waals surface area contributed by atoms with Crippen molar-refractivity contribution in [1.29, 1.82) is 0 Å². The van der Waals surface area contributed by atoms with Crippen molar-refractivity contribution in [3.8, 4) is 0 Å². The number of carbonyl (C=O) groups is 2. The fourth-order valence-electron chi connectivity index (χ4n) is 3.33. The summed E-state index contributed by atoms with van der Waals surface area (Å²) in [7, 11) is -3.96. The molecule has 1 unspecified atom stereocenters. The first-order chi connectivity index (χ1) is 14.3. The molecular weight excluding hydrogens is 410 g/mol. The van der Waals surface area contributed by atoms with Gasteiger partial charge >= 0.3 is 11.9 Å². The number of ether oxygens (including phenoxy) is 1. The van der Waals surface area contributed by atoms with E-state index in [2.05, 4.69) is 9.71 Å². The van der Waals surface area contributed by atoms with Crippen LogP contribution in [0.3, 0.4) is 0 Å². The summed E-state index contributed by atoms with van der Waals surface area (Å²) in [6, 6.07) is 8.99. The molecule has 2 heterocycles. The number of hydrogen-bond donors (Lipinski definition) is 2. The number of nitrogens with one attached hydrogen (secondary N) is 1. The third-order valence-corrected chi connectivity index (χ3v) is 6.13. The van der Waals surface area contributed by atoms with E-state index in [0.29, 0.717) is 25.9 Å². The Labute approximate surface area is 174 Å². The highest BCUT2D eigenvalue weighted by Crippen LogP contribution is 2.31.